The van der Waals surface area contributed by atoms with Crippen LogP contribution in [-0.4, -0.2) is 42.8 Å². The number of carbonyl (C=O) groups excluding carboxylic acids is 2. The predicted octanol–water partition coefficient (Wildman–Crippen LogP) is 3.05. The molecule has 1 aromatic carbocycles. The summed E-state index contributed by atoms with van der Waals surface area (Å²) in [6, 6.07) is 5.71. The number of amides is 3. The van der Waals surface area contributed by atoms with Crippen LogP contribution in [0.25, 0.3) is 0 Å². The van der Waals surface area contributed by atoms with Crippen molar-refractivity contribution in [3.63, 3.8) is 0 Å². The van der Waals surface area contributed by atoms with Crippen LogP contribution < -0.4 is 10.6 Å². The molecule has 1 fully saturated rings. The molecule has 0 spiro atoms. The highest BCUT2D eigenvalue weighted by Crippen LogP contribution is 2.15. The first-order valence-corrected chi connectivity index (χ1v) is 8.06. The van der Waals surface area contributed by atoms with Crippen molar-refractivity contribution < 1.29 is 14.3 Å². The minimum absolute atomic E-state index is 0.0761. The van der Waals surface area contributed by atoms with Gasteiger partial charge in [-0.1, -0.05) is 6.07 Å². The Hall–Kier alpha value is -2.24. The van der Waals surface area contributed by atoms with E-state index in [0.29, 0.717) is 19.7 Å². The van der Waals surface area contributed by atoms with Crippen molar-refractivity contribution in [2.24, 2.45) is 0 Å². The lowest BCUT2D eigenvalue weighted by Crippen LogP contribution is -2.47. The number of nitrogens with one attached hydrogen (secondary N) is 2. The molecule has 1 heterocycles. The van der Waals surface area contributed by atoms with Gasteiger partial charge in [0.05, 0.1) is 6.61 Å². The summed E-state index contributed by atoms with van der Waals surface area (Å²) in [6.07, 6.45) is 1.20. The van der Waals surface area contributed by atoms with Gasteiger partial charge in [-0.3, -0.25) is 0 Å². The third-order valence-electron chi connectivity index (χ3n) is 4.12. The van der Waals surface area contributed by atoms with Gasteiger partial charge in [-0.25, -0.2) is 9.59 Å². The van der Waals surface area contributed by atoms with E-state index in [0.717, 1.165) is 24.1 Å². The summed E-state index contributed by atoms with van der Waals surface area (Å²) >= 11 is 0. The molecule has 1 aromatic rings. The quantitative estimate of drug-likeness (QED) is 0.899. The highest BCUT2D eigenvalue weighted by molar-refractivity contribution is 5.89. The van der Waals surface area contributed by atoms with Crippen LogP contribution in [0.15, 0.2) is 18.2 Å². The molecule has 2 N–H and O–H groups in total. The van der Waals surface area contributed by atoms with Gasteiger partial charge in [-0.15, -0.1) is 0 Å². The van der Waals surface area contributed by atoms with Crippen LogP contribution in [0.1, 0.15) is 30.9 Å². The number of benzene rings is 1. The van der Waals surface area contributed by atoms with E-state index in [1.54, 1.807) is 11.8 Å². The Morgan fingerprint density at radius 2 is 1.91 bits per heavy atom. The van der Waals surface area contributed by atoms with Crippen LogP contribution in [0, 0.1) is 13.8 Å². The fourth-order valence-corrected chi connectivity index (χ4v) is 2.59. The number of likely N-dealkylation sites (tertiary alicyclic amines) is 1. The van der Waals surface area contributed by atoms with Crippen molar-refractivity contribution in [1.29, 1.82) is 0 Å². The van der Waals surface area contributed by atoms with Crippen molar-refractivity contribution >= 4 is 17.8 Å². The number of anilines is 1. The minimum atomic E-state index is -0.273. The number of piperidine rings is 1. The molecule has 1 aliphatic rings. The molecule has 0 aromatic heterocycles. The SMILES string of the molecule is CCOC(=O)N1CCC(NC(=O)Nc2ccc(C)c(C)c2)CC1. The van der Waals surface area contributed by atoms with Gasteiger partial charge >= 0.3 is 12.1 Å². The molecule has 23 heavy (non-hydrogen) atoms. The molecule has 3 amide bonds. The van der Waals surface area contributed by atoms with Gasteiger partial charge in [0.25, 0.3) is 0 Å². The number of hydrogen-bond acceptors (Lipinski definition) is 3. The molecule has 0 bridgehead atoms. The molecule has 1 aliphatic heterocycles. The van der Waals surface area contributed by atoms with Gasteiger partial charge in [-0.05, 0) is 56.9 Å². The van der Waals surface area contributed by atoms with Crippen molar-refractivity contribution in [3.8, 4) is 0 Å². The van der Waals surface area contributed by atoms with E-state index in [9.17, 15) is 9.59 Å². The lowest BCUT2D eigenvalue weighted by Gasteiger charge is -2.31. The highest BCUT2D eigenvalue weighted by Gasteiger charge is 2.24. The van der Waals surface area contributed by atoms with E-state index in [4.69, 9.17) is 4.74 Å². The second-order valence-corrected chi connectivity index (χ2v) is 5.86. The molecule has 6 nitrogen and oxygen atoms in total. The highest BCUT2D eigenvalue weighted by atomic mass is 16.6. The Bertz CT molecular complexity index is 566. The van der Waals surface area contributed by atoms with Gasteiger partial charge in [0.15, 0.2) is 0 Å². The molecule has 6 heteroatoms. The van der Waals surface area contributed by atoms with Crippen LogP contribution in [0.4, 0.5) is 15.3 Å². The minimum Gasteiger partial charge on any atom is -0.450 e. The van der Waals surface area contributed by atoms with Crippen molar-refractivity contribution in [3.05, 3.63) is 29.3 Å². The molecular weight excluding hydrogens is 294 g/mol. The Balaban J connectivity index is 1.78. The van der Waals surface area contributed by atoms with E-state index in [-0.39, 0.29) is 18.2 Å². The third kappa shape index (κ3) is 4.87. The maximum atomic E-state index is 12.1. The average molecular weight is 319 g/mol. The second-order valence-electron chi connectivity index (χ2n) is 5.86. The zero-order valence-electron chi connectivity index (χ0n) is 14.0. The lowest BCUT2D eigenvalue weighted by atomic mass is 10.1. The summed E-state index contributed by atoms with van der Waals surface area (Å²) in [5.74, 6) is 0. The maximum absolute atomic E-state index is 12.1. The van der Waals surface area contributed by atoms with Crippen LogP contribution in [-0.2, 0) is 4.74 Å². The Morgan fingerprint density at radius 3 is 2.52 bits per heavy atom. The molecule has 1 saturated heterocycles. The number of hydrogen-bond donors (Lipinski definition) is 2. The summed E-state index contributed by atoms with van der Waals surface area (Å²) in [4.78, 5) is 25.4. The van der Waals surface area contributed by atoms with Gasteiger partial charge in [0.1, 0.15) is 0 Å². The number of urea groups is 1. The van der Waals surface area contributed by atoms with E-state index in [2.05, 4.69) is 10.6 Å². The summed E-state index contributed by atoms with van der Waals surface area (Å²) in [5, 5.41) is 5.82. The molecule has 2 rings (SSSR count). The molecule has 0 saturated carbocycles. The van der Waals surface area contributed by atoms with Crippen molar-refractivity contribution in [1.82, 2.24) is 10.2 Å². The van der Waals surface area contributed by atoms with Gasteiger partial charge in [0, 0.05) is 24.8 Å². The zero-order chi connectivity index (χ0) is 16.8. The molecule has 0 atom stereocenters. The number of carbonyl (C=O) groups is 2. The third-order valence-corrected chi connectivity index (χ3v) is 4.12. The zero-order valence-corrected chi connectivity index (χ0v) is 14.0. The number of aryl methyl sites for hydroxylation is 2. The topological polar surface area (TPSA) is 70.7 Å². The molecule has 0 radical (unpaired) electrons. The van der Waals surface area contributed by atoms with Gasteiger partial charge in [-0.2, -0.15) is 0 Å². The number of nitrogens with zero attached hydrogens (tertiary/aromatic N) is 1. The summed E-state index contributed by atoms with van der Waals surface area (Å²) < 4.78 is 4.98. The lowest BCUT2D eigenvalue weighted by molar-refractivity contribution is 0.0959. The molecule has 0 aliphatic carbocycles. The van der Waals surface area contributed by atoms with E-state index >= 15 is 0 Å². The monoisotopic (exact) mass is 319 g/mol. The van der Waals surface area contributed by atoms with Gasteiger partial charge < -0.3 is 20.3 Å². The number of rotatable bonds is 3. The maximum Gasteiger partial charge on any atom is 0.409 e. The summed E-state index contributed by atoms with van der Waals surface area (Å²) in [5.41, 5.74) is 3.13. The van der Waals surface area contributed by atoms with E-state index in [1.165, 1.54) is 5.56 Å². The average Bonchev–Trinajstić information content (AvgIpc) is 2.52. The van der Waals surface area contributed by atoms with Crippen LogP contribution in [0.5, 0.6) is 0 Å². The Morgan fingerprint density at radius 1 is 1.22 bits per heavy atom. The van der Waals surface area contributed by atoms with Gasteiger partial charge in [0.2, 0.25) is 0 Å². The normalized spacial score (nSPS) is 15.2. The van der Waals surface area contributed by atoms with Crippen LogP contribution in [0.2, 0.25) is 0 Å². The first kappa shape index (κ1) is 17.1. The van der Waals surface area contributed by atoms with Crippen LogP contribution >= 0.6 is 0 Å². The summed E-state index contributed by atoms with van der Waals surface area (Å²) in [6.45, 7) is 7.44. The number of ether oxygens (including phenoxy) is 1. The van der Waals surface area contributed by atoms with Crippen molar-refractivity contribution in [2.75, 3.05) is 25.0 Å². The first-order chi connectivity index (χ1) is 11.0. The van der Waals surface area contributed by atoms with Crippen LogP contribution in [0.3, 0.4) is 0 Å². The van der Waals surface area contributed by atoms with E-state index < -0.39 is 0 Å². The second kappa shape index (κ2) is 7.85. The summed E-state index contributed by atoms with van der Waals surface area (Å²) in [7, 11) is 0. The molecule has 0 unspecified atom stereocenters. The standard InChI is InChI=1S/C17H25N3O3/c1-4-23-17(22)20-9-7-14(8-10-20)18-16(21)19-15-6-5-12(2)13(3)11-15/h5-6,11,14H,4,7-10H2,1-3H3,(H2,18,19,21). The molecule has 126 valence electrons. The smallest absolute Gasteiger partial charge is 0.409 e. The van der Waals surface area contributed by atoms with E-state index in [1.807, 2.05) is 32.0 Å². The van der Waals surface area contributed by atoms with Crippen molar-refractivity contribution in [2.45, 2.75) is 39.7 Å². The Kier molecular flexibility index (Phi) is 5.84. The predicted molar refractivity (Wildman–Crippen MR) is 89.7 cm³/mol. The fraction of sp³-hybridized carbons (Fsp3) is 0.529. The Labute approximate surface area is 137 Å². The first-order valence-electron chi connectivity index (χ1n) is 8.06. The fourth-order valence-electron chi connectivity index (χ4n) is 2.59. The molecular formula is C17H25N3O3. The largest absolute Gasteiger partial charge is 0.450 e.